The molecule has 1 aromatic carbocycles. The molecule has 6 nitrogen and oxygen atoms in total. The largest absolute Gasteiger partial charge is 0.444 e. The van der Waals surface area contributed by atoms with E-state index in [9.17, 15) is 9.59 Å². The quantitative estimate of drug-likeness (QED) is 0.779. The highest BCUT2D eigenvalue weighted by Crippen LogP contribution is 2.22. The maximum atomic E-state index is 12.4. The fraction of sp³-hybridized carbons (Fsp3) is 0.400. The van der Waals surface area contributed by atoms with Gasteiger partial charge in [0.1, 0.15) is 5.60 Å². The highest BCUT2D eigenvalue weighted by atomic mass is 32.1. The number of carbonyl (C=O) groups excluding carboxylic acids is 2. The minimum Gasteiger partial charge on any atom is -0.444 e. The Morgan fingerprint density at radius 1 is 1.15 bits per heavy atom. The maximum Gasteiger partial charge on any atom is 0.412 e. The van der Waals surface area contributed by atoms with Gasteiger partial charge >= 0.3 is 6.09 Å². The molecule has 0 fully saturated rings. The molecule has 0 saturated carbocycles. The predicted octanol–water partition coefficient (Wildman–Crippen LogP) is 4.13. The van der Waals surface area contributed by atoms with Crippen molar-refractivity contribution in [1.29, 1.82) is 0 Å². The normalized spacial score (nSPS) is 12.5. The van der Waals surface area contributed by atoms with Crippen molar-refractivity contribution in [3.8, 4) is 0 Å². The van der Waals surface area contributed by atoms with Crippen molar-refractivity contribution >= 4 is 29.0 Å². The van der Waals surface area contributed by atoms with Crippen LogP contribution in [0.15, 0.2) is 41.8 Å². The first-order valence-electron chi connectivity index (χ1n) is 8.74. The van der Waals surface area contributed by atoms with Gasteiger partial charge in [-0.2, -0.15) is 0 Å². The SMILES string of the molecule is CN(C)C(CNC(=O)c1ccc(NC(=O)OC(C)(C)C)cc1)c1cccs1. The van der Waals surface area contributed by atoms with E-state index >= 15 is 0 Å². The van der Waals surface area contributed by atoms with E-state index in [0.717, 1.165) is 0 Å². The summed E-state index contributed by atoms with van der Waals surface area (Å²) < 4.78 is 5.21. The lowest BCUT2D eigenvalue weighted by Gasteiger charge is -2.23. The van der Waals surface area contributed by atoms with Gasteiger partial charge in [0.2, 0.25) is 0 Å². The van der Waals surface area contributed by atoms with Crippen LogP contribution in [0.4, 0.5) is 10.5 Å². The average molecular weight is 390 g/mol. The molecule has 0 aliphatic carbocycles. The zero-order chi connectivity index (χ0) is 20.0. The zero-order valence-corrected chi connectivity index (χ0v) is 17.2. The maximum absolute atomic E-state index is 12.4. The Kier molecular flexibility index (Phi) is 6.98. The Labute approximate surface area is 164 Å². The third-order valence-corrected chi connectivity index (χ3v) is 4.72. The molecule has 2 aromatic rings. The van der Waals surface area contributed by atoms with Crippen molar-refractivity contribution in [2.24, 2.45) is 0 Å². The minimum atomic E-state index is -0.560. The summed E-state index contributed by atoms with van der Waals surface area (Å²) in [5, 5.41) is 7.66. The zero-order valence-electron chi connectivity index (χ0n) is 16.4. The smallest absolute Gasteiger partial charge is 0.412 e. The van der Waals surface area contributed by atoms with Gasteiger partial charge in [-0.15, -0.1) is 11.3 Å². The van der Waals surface area contributed by atoms with Crippen LogP contribution < -0.4 is 10.6 Å². The number of nitrogens with one attached hydrogen (secondary N) is 2. The lowest BCUT2D eigenvalue weighted by atomic mass is 10.1. The molecular weight excluding hydrogens is 362 g/mol. The summed E-state index contributed by atoms with van der Waals surface area (Å²) in [5.74, 6) is -0.151. The van der Waals surface area contributed by atoms with Crippen molar-refractivity contribution in [2.75, 3.05) is 26.0 Å². The van der Waals surface area contributed by atoms with E-state index in [1.165, 1.54) is 4.88 Å². The summed E-state index contributed by atoms with van der Waals surface area (Å²) in [7, 11) is 3.99. The second-order valence-electron chi connectivity index (χ2n) is 7.41. The van der Waals surface area contributed by atoms with E-state index < -0.39 is 11.7 Å². The van der Waals surface area contributed by atoms with E-state index in [-0.39, 0.29) is 11.9 Å². The van der Waals surface area contributed by atoms with Gasteiger partial charge in [-0.1, -0.05) is 6.07 Å². The third kappa shape index (κ3) is 6.69. The average Bonchev–Trinajstić information content (AvgIpc) is 3.07. The molecule has 2 N–H and O–H groups in total. The lowest BCUT2D eigenvalue weighted by molar-refractivity contribution is 0.0635. The van der Waals surface area contributed by atoms with Crippen LogP contribution in [0.2, 0.25) is 0 Å². The van der Waals surface area contributed by atoms with Gasteiger partial charge < -0.3 is 15.0 Å². The van der Waals surface area contributed by atoms with Crippen LogP contribution >= 0.6 is 11.3 Å². The van der Waals surface area contributed by atoms with E-state index in [4.69, 9.17) is 4.74 Å². The van der Waals surface area contributed by atoms with E-state index in [1.54, 1.807) is 56.4 Å². The molecule has 1 unspecified atom stereocenters. The van der Waals surface area contributed by atoms with Crippen LogP contribution in [0.3, 0.4) is 0 Å². The van der Waals surface area contributed by atoms with Crippen molar-refractivity contribution in [1.82, 2.24) is 10.2 Å². The van der Waals surface area contributed by atoms with E-state index in [1.807, 2.05) is 25.5 Å². The molecule has 0 aliphatic heterocycles. The van der Waals surface area contributed by atoms with Crippen molar-refractivity contribution < 1.29 is 14.3 Å². The van der Waals surface area contributed by atoms with Gasteiger partial charge in [-0.3, -0.25) is 10.1 Å². The molecule has 0 radical (unpaired) electrons. The van der Waals surface area contributed by atoms with E-state index in [2.05, 4.69) is 21.6 Å². The fourth-order valence-electron chi connectivity index (χ4n) is 2.44. The van der Waals surface area contributed by atoms with Gasteiger partial charge in [0.15, 0.2) is 0 Å². The van der Waals surface area contributed by atoms with Crippen LogP contribution in [0.5, 0.6) is 0 Å². The first-order chi connectivity index (χ1) is 12.7. The summed E-state index contributed by atoms with van der Waals surface area (Å²) >= 11 is 1.67. The molecule has 0 saturated heterocycles. The van der Waals surface area contributed by atoms with E-state index in [0.29, 0.717) is 17.8 Å². The molecule has 2 rings (SSSR count). The van der Waals surface area contributed by atoms with Gasteiger partial charge in [0.05, 0.1) is 6.04 Å². The first kappa shape index (κ1) is 20.9. The molecule has 1 heterocycles. The molecule has 27 heavy (non-hydrogen) atoms. The Balaban J connectivity index is 1.92. The number of rotatable bonds is 6. The second-order valence-corrected chi connectivity index (χ2v) is 8.39. The topological polar surface area (TPSA) is 70.7 Å². The summed E-state index contributed by atoms with van der Waals surface area (Å²) in [5.41, 5.74) is 0.550. The Morgan fingerprint density at radius 2 is 1.81 bits per heavy atom. The Hall–Kier alpha value is -2.38. The van der Waals surface area contributed by atoms with Crippen molar-refractivity contribution in [2.45, 2.75) is 32.4 Å². The number of hydrogen-bond donors (Lipinski definition) is 2. The molecule has 1 aromatic heterocycles. The third-order valence-electron chi connectivity index (χ3n) is 3.74. The number of likely N-dealkylation sites (N-methyl/N-ethyl adjacent to an activating group) is 1. The van der Waals surface area contributed by atoms with Gasteiger partial charge in [-0.05, 0) is 70.6 Å². The summed E-state index contributed by atoms with van der Waals surface area (Å²) in [6, 6.07) is 10.9. The molecule has 2 amide bonds. The second kappa shape index (κ2) is 9.01. The van der Waals surface area contributed by atoms with Crippen molar-refractivity contribution in [3.63, 3.8) is 0 Å². The highest BCUT2D eigenvalue weighted by Gasteiger charge is 2.18. The highest BCUT2D eigenvalue weighted by molar-refractivity contribution is 7.10. The fourth-order valence-corrected chi connectivity index (χ4v) is 3.36. The number of anilines is 1. The van der Waals surface area contributed by atoms with Crippen LogP contribution in [0.25, 0.3) is 0 Å². The number of benzene rings is 1. The number of carbonyl (C=O) groups is 2. The molecule has 146 valence electrons. The van der Waals surface area contributed by atoms with Gasteiger partial charge in [-0.25, -0.2) is 4.79 Å². The summed E-state index contributed by atoms with van der Waals surface area (Å²) in [4.78, 5) is 27.5. The Morgan fingerprint density at radius 3 is 2.33 bits per heavy atom. The molecule has 0 aliphatic rings. The Bertz CT molecular complexity index is 750. The van der Waals surface area contributed by atoms with Crippen LogP contribution in [0, 0.1) is 0 Å². The predicted molar refractivity (Wildman–Crippen MR) is 109 cm³/mol. The number of nitrogens with zero attached hydrogens (tertiary/aromatic N) is 1. The van der Waals surface area contributed by atoms with Gasteiger partial charge in [0, 0.05) is 22.7 Å². The first-order valence-corrected chi connectivity index (χ1v) is 9.62. The number of ether oxygens (including phenoxy) is 1. The minimum absolute atomic E-state index is 0.127. The molecule has 7 heteroatoms. The van der Waals surface area contributed by atoms with Gasteiger partial charge in [0.25, 0.3) is 5.91 Å². The van der Waals surface area contributed by atoms with Crippen molar-refractivity contribution in [3.05, 3.63) is 52.2 Å². The van der Waals surface area contributed by atoms with Crippen LogP contribution in [-0.2, 0) is 4.74 Å². The van der Waals surface area contributed by atoms with Crippen LogP contribution in [-0.4, -0.2) is 43.1 Å². The monoisotopic (exact) mass is 389 g/mol. The molecule has 0 bridgehead atoms. The summed E-state index contributed by atoms with van der Waals surface area (Å²) in [6.45, 7) is 5.93. The molecule has 0 spiro atoms. The standard InChI is InChI=1S/C20H27N3O3S/c1-20(2,3)26-19(25)22-15-10-8-14(9-11-15)18(24)21-13-16(23(4)5)17-7-6-12-27-17/h6-12,16H,13H2,1-5H3,(H,21,24)(H,22,25). The number of thiophene rings is 1. The molecular formula is C20H27N3O3S. The number of amides is 2. The lowest BCUT2D eigenvalue weighted by Crippen LogP contribution is -2.34. The van der Waals surface area contributed by atoms with Crippen LogP contribution in [0.1, 0.15) is 42.0 Å². The molecule has 1 atom stereocenters. The number of hydrogen-bond acceptors (Lipinski definition) is 5. The summed E-state index contributed by atoms with van der Waals surface area (Å²) in [6.07, 6.45) is -0.524.